The summed E-state index contributed by atoms with van der Waals surface area (Å²) in [6, 6.07) is 15.3. The molecule has 2 saturated heterocycles. The Morgan fingerprint density at radius 2 is 1.69 bits per heavy atom. The minimum Gasteiger partial charge on any atom is -0.483 e. The van der Waals surface area contributed by atoms with E-state index in [1.807, 2.05) is 36.1 Å². The van der Waals surface area contributed by atoms with Crippen molar-refractivity contribution in [3.63, 3.8) is 0 Å². The molecular formula is C35H41N5O8. The average Bonchev–Trinajstić information content (AvgIpc) is 3.58. The van der Waals surface area contributed by atoms with Gasteiger partial charge in [-0.25, -0.2) is 9.78 Å². The standard InChI is InChI=1S/C35H41N5O8/c1-3-47-35(46)39-19-17-38(18-20-39)34(45)27(14-15-32(42)43)37-33(44)28-21-30(25-11-6-7-12-26(25)36-28)48-22-31(41)40-16-8-13-29(40)24-10-5-4-9-23(24)2/h4-7,9-12,21,27,29H,3,8,13-20,22H2,1-2H3,(H,37,44)(H,42,43)/t27-,29?/m0/s1. The van der Waals surface area contributed by atoms with Gasteiger partial charge in [0.2, 0.25) is 5.91 Å². The molecule has 48 heavy (non-hydrogen) atoms. The van der Waals surface area contributed by atoms with Crippen LogP contribution >= 0.6 is 0 Å². The van der Waals surface area contributed by atoms with Crippen LogP contribution in [0.1, 0.15) is 60.3 Å². The number of rotatable bonds is 11. The number of carbonyl (C=O) groups is 5. The lowest BCUT2D eigenvalue weighted by Gasteiger charge is -2.35. The monoisotopic (exact) mass is 659 g/mol. The molecule has 4 amide bonds. The zero-order chi connectivity index (χ0) is 34.2. The molecule has 2 N–H and O–H groups in total. The van der Waals surface area contributed by atoms with Crippen LogP contribution in [0.15, 0.2) is 54.6 Å². The van der Waals surface area contributed by atoms with E-state index in [0.29, 0.717) is 17.4 Å². The van der Waals surface area contributed by atoms with E-state index in [0.717, 1.165) is 24.0 Å². The number of carbonyl (C=O) groups excluding carboxylic acids is 4. The highest BCUT2D eigenvalue weighted by Crippen LogP contribution is 2.34. The first-order chi connectivity index (χ1) is 23.2. The van der Waals surface area contributed by atoms with Gasteiger partial charge in [0.15, 0.2) is 6.61 Å². The number of aliphatic carboxylic acids is 1. The van der Waals surface area contributed by atoms with Crippen LogP contribution in [-0.2, 0) is 19.1 Å². The number of aromatic nitrogens is 1. The summed E-state index contributed by atoms with van der Waals surface area (Å²) in [6.07, 6.45) is 0.800. The number of amides is 4. The molecule has 3 aromatic rings. The van der Waals surface area contributed by atoms with E-state index >= 15 is 0 Å². The molecule has 2 atom stereocenters. The Kier molecular flexibility index (Phi) is 11.1. The highest BCUT2D eigenvalue weighted by Gasteiger charge is 2.33. The minimum absolute atomic E-state index is 0.0359. The summed E-state index contributed by atoms with van der Waals surface area (Å²) in [4.78, 5) is 73.3. The van der Waals surface area contributed by atoms with Crippen LogP contribution in [0.5, 0.6) is 5.75 Å². The normalized spacial score (nSPS) is 16.8. The Morgan fingerprint density at radius 1 is 0.979 bits per heavy atom. The quantitative estimate of drug-likeness (QED) is 0.314. The molecule has 5 rings (SSSR count). The number of carboxylic acids is 1. The molecule has 13 nitrogen and oxygen atoms in total. The van der Waals surface area contributed by atoms with Crippen molar-refractivity contribution in [3.8, 4) is 5.75 Å². The minimum atomic E-state index is -1.14. The van der Waals surface area contributed by atoms with Gasteiger partial charge in [-0.15, -0.1) is 0 Å². The number of hydrogen-bond donors (Lipinski definition) is 2. The number of benzene rings is 2. The SMILES string of the molecule is CCOC(=O)N1CCN(C(=O)[C@H](CCC(=O)O)NC(=O)c2cc(OCC(=O)N3CCCC3c3ccccc3C)c3ccccc3n2)CC1. The second-order valence-electron chi connectivity index (χ2n) is 11.9. The maximum Gasteiger partial charge on any atom is 0.409 e. The van der Waals surface area contributed by atoms with Crippen LogP contribution in [0.4, 0.5) is 4.79 Å². The van der Waals surface area contributed by atoms with Gasteiger partial charge >= 0.3 is 12.1 Å². The summed E-state index contributed by atoms with van der Waals surface area (Å²) in [5.41, 5.74) is 2.65. The van der Waals surface area contributed by atoms with E-state index in [9.17, 15) is 29.1 Å². The number of ether oxygens (including phenoxy) is 2. The molecule has 0 radical (unpaired) electrons. The van der Waals surface area contributed by atoms with E-state index < -0.39 is 29.9 Å². The van der Waals surface area contributed by atoms with Gasteiger partial charge < -0.3 is 34.6 Å². The first kappa shape index (κ1) is 34.1. The first-order valence-electron chi connectivity index (χ1n) is 16.3. The highest BCUT2D eigenvalue weighted by atomic mass is 16.6. The van der Waals surface area contributed by atoms with Crippen LogP contribution in [0.25, 0.3) is 10.9 Å². The molecule has 2 aliphatic rings. The van der Waals surface area contributed by atoms with Crippen LogP contribution in [-0.4, -0.2) is 107 Å². The Hall–Kier alpha value is -5.20. The molecule has 1 unspecified atom stereocenters. The molecular weight excluding hydrogens is 618 g/mol. The molecule has 2 fully saturated rings. The highest BCUT2D eigenvalue weighted by molar-refractivity contribution is 5.99. The fraction of sp³-hybridized carbons (Fsp3) is 0.429. The van der Waals surface area contributed by atoms with Gasteiger partial charge in [-0.2, -0.15) is 0 Å². The first-order valence-corrected chi connectivity index (χ1v) is 16.3. The number of fused-ring (bicyclic) bond motifs is 1. The predicted octanol–water partition coefficient (Wildman–Crippen LogP) is 3.55. The number of nitrogens with one attached hydrogen (secondary N) is 1. The second-order valence-corrected chi connectivity index (χ2v) is 11.9. The van der Waals surface area contributed by atoms with Gasteiger partial charge in [-0.1, -0.05) is 36.4 Å². The fourth-order valence-corrected chi connectivity index (χ4v) is 6.25. The summed E-state index contributed by atoms with van der Waals surface area (Å²) in [6.45, 7) is 5.28. The summed E-state index contributed by atoms with van der Waals surface area (Å²) in [5, 5.41) is 12.6. The topological polar surface area (TPSA) is 159 Å². The summed E-state index contributed by atoms with van der Waals surface area (Å²) in [5.74, 6) is -2.14. The molecule has 0 bridgehead atoms. The van der Waals surface area contributed by atoms with Gasteiger partial charge in [0.05, 0.1) is 18.2 Å². The number of piperazine rings is 1. The lowest BCUT2D eigenvalue weighted by molar-refractivity contribution is -0.138. The van der Waals surface area contributed by atoms with Crippen LogP contribution in [0, 0.1) is 6.92 Å². The van der Waals surface area contributed by atoms with Gasteiger partial charge in [0.1, 0.15) is 17.5 Å². The maximum absolute atomic E-state index is 13.6. The fourth-order valence-electron chi connectivity index (χ4n) is 6.25. The third-order valence-electron chi connectivity index (χ3n) is 8.75. The molecule has 0 saturated carbocycles. The van der Waals surface area contributed by atoms with Crippen molar-refractivity contribution in [3.05, 3.63) is 71.4 Å². The van der Waals surface area contributed by atoms with Crippen molar-refractivity contribution < 1.29 is 38.6 Å². The van der Waals surface area contributed by atoms with Crippen LogP contribution in [0.3, 0.4) is 0 Å². The third-order valence-corrected chi connectivity index (χ3v) is 8.75. The van der Waals surface area contributed by atoms with Gasteiger partial charge in [-0.05, 0) is 56.4 Å². The predicted molar refractivity (Wildman–Crippen MR) is 175 cm³/mol. The van der Waals surface area contributed by atoms with Crippen LogP contribution in [0.2, 0.25) is 0 Å². The van der Waals surface area contributed by atoms with E-state index in [4.69, 9.17) is 9.47 Å². The zero-order valence-electron chi connectivity index (χ0n) is 27.2. The third kappa shape index (κ3) is 8.01. The molecule has 13 heteroatoms. The van der Waals surface area contributed by atoms with Crippen molar-refractivity contribution >= 4 is 40.7 Å². The number of hydrogen-bond acceptors (Lipinski definition) is 8. The van der Waals surface area contributed by atoms with Gasteiger partial charge in [-0.3, -0.25) is 19.2 Å². The Morgan fingerprint density at radius 3 is 2.42 bits per heavy atom. The van der Waals surface area contributed by atoms with Crippen molar-refractivity contribution in [2.75, 3.05) is 45.9 Å². The van der Waals surface area contributed by atoms with E-state index in [1.165, 1.54) is 15.9 Å². The van der Waals surface area contributed by atoms with Crippen molar-refractivity contribution in [1.29, 1.82) is 0 Å². The van der Waals surface area contributed by atoms with Gasteiger partial charge in [0.25, 0.3) is 11.8 Å². The van der Waals surface area contributed by atoms with E-state index in [1.54, 1.807) is 31.2 Å². The summed E-state index contributed by atoms with van der Waals surface area (Å²) >= 11 is 0. The van der Waals surface area contributed by atoms with E-state index in [-0.39, 0.29) is 75.6 Å². The Balaban J connectivity index is 1.30. The molecule has 2 aliphatic heterocycles. The lowest BCUT2D eigenvalue weighted by atomic mass is 9.99. The molecule has 0 aliphatic carbocycles. The van der Waals surface area contributed by atoms with Gasteiger partial charge in [0, 0.05) is 50.6 Å². The maximum atomic E-state index is 13.6. The number of likely N-dealkylation sites (tertiary alicyclic amines) is 1. The Bertz CT molecular complexity index is 1670. The number of pyridine rings is 1. The lowest BCUT2D eigenvalue weighted by Crippen LogP contribution is -2.56. The molecule has 3 heterocycles. The molecule has 254 valence electrons. The summed E-state index contributed by atoms with van der Waals surface area (Å²) in [7, 11) is 0. The Labute approximate surface area is 278 Å². The number of nitrogens with zero attached hydrogens (tertiary/aromatic N) is 4. The molecule has 1 aromatic heterocycles. The largest absolute Gasteiger partial charge is 0.483 e. The smallest absolute Gasteiger partial charge is 0.409 e. The van der Waals surface area contributed by atoms with E-state index in [2.05, 4.69) is 10.3 Å². The number of para-hydroxylation sites is 1. The van der Waals surface area contributed by atoms with Crippen molar-refractivity contribution in [2.45, 2.75) is 51.6 Å². The average molecular weight is 660 g/mol. The van der Waals surface area contributed by atoms with Crippen molar-refractivity contribution in [2.24, 2.45) is 0 Å². The second kappa shape index (κ2) is 15.6. The zero-order valence-corrected chi connectivity index (χ0v) is 27.2. The molecule has 0 spiro atoms. The molecule has 2 aromatic carbocycles. The summed E-state index contributed by atoms with van der Waals surface area (Å²) < 4.78 is 11.1. The number of aryl methyl sites for hydroxylation is 1. The van der Waals surface area contributed by atoms with Crippen molar-refractivity contribution in [1.82, 2.24) is 25.0 Å². The van der Waals surface area contributed by atoms with Crippen LogP contribution < -0.4 is 10.1 Å². The number of carboxylic acid groups (broad SMARTS) is 1.